The van der Waals surface area contributed by atoms with Gasteiger partial charge < -0.3 is 50.0 Å². The maximum atomic E-state index is 10.8. The molecule has 3 heterocycles. The van der Waals surface area contributed by atoms with Crippen molar-refractivity contribution in [1.29, 1.82) is 0 Å². The van der Waals surface area contributed by atoms with Crippen molar-refractivity contribution in [2.24, 2.45) is 0 Å². The summed E-state index contributed by atoms with van der Waals surface area (Å²) in [6, 6.07) is 5.58. The first-order valence-electron chi connectivity index (χ1n) is 9.82. The molecule has 10 nitrogen and oxygen atoms in total. The number of hydrogen-bond acceptors (Lipinski definition) is 10. The molecule has 2 aromatic rings. The van der Waals surface area contributed by atoms with Crippen LogP contribution in [0.15, 0.2) is 24.3 Å². The molecule has 0 aromatic heterocycles. The van der Waals surface area contributed by atoms with E-state index in [1.165, 1.54) is 24.3 Å². The Bertz CT molecular complexity index is 1040. The zero-order chi connectivity index (χ0) is 22.1. The lowest BCUT2D eigenvalue weighted by molar-refractivity contribution is -0.200. The molecule has 1 fully saturated rings. The van der Waals surface area contributed by atoms with E-state index < -0.39 is 42.9 Å². The van der Waals surface area contributed by atoms with Gasteiger partial charge in [-0.1, -0.05) is 6.07 Å². The van der Waals surface area contributed by atoms with E-state index in [-0.39, 0.29) is 41.6 Å². The zero-order valence-corrected chi connectivity index (χ0v) is 16.2. The Morgan fingerprint density at radius 3 is 2.42 bits per heavy atom. The third-order valence-corrected chi connectivity index (χ3v) is 6.17. The van der Waals surface area contributed by atoms with Gasteiger partial charge in [0.25, 0.3) is 0 Å². The topological polar surface area (TPSA) is 169 Å². The molecule has 0 aliphatic carbocycles. The minimum Gasteiger partial charge on any atom is -0.507 e. The maximum Gasteiger partial charge on any atom is 0.244 e. The molecule has 1 saturated heterocycles. The number of benzene rings is 2. The SMILES string of the molecule is OC[C@H]1O[C@@]2(Cc3c(cc4c(c3O)C[C@H](O)[C@@H](c3ccc(O)c(O)c3)O4)O2)[C@@H](O)[C@H]1O. The summed E-state index contributed by atoms with van der Waals surface area (Å²) < 4.78 is 17.3. The molecule has 7 N–H and O–H groups in total. The summed E-state index contributed by atoms with van der Waals surface area (Å²) in [6.07, 6.45) is -5.80. The summed E-state index contributed by atoms with van der Waals surface area (Å²) in [7, 11) is 0. The molecule has 2 aromatic carbocycles. The number of aromatic hydroxyl groups is 3. The highest BCUT2D eigenvalue weighted by atomic mass is 16.7. The maximum absolute atomic E-state index is 10.8. The summed E-state index contributed by atoms with van der Waals surface area (Å²) in [6.45, 7) is -0.515. The summed E-state index contributed by atoms with van der Waals surface area (Å²) in [5, 5.41) is 70.7. The number of rotatable bonds is 2. The largest absolute Gasteiger partial charge is 0.507 e. The van der Waals surface area contributed by atoms with Crippen LogP contribution in [0.4, 0.5) is 0 Å². The van der Waals surface area contributed by atoms with E-state index in [1.54, 1.807) is 0 Å². The Morgan fingerprint density at radius 2 is 1.74 bits per heavy atom. The number of phenols is 3. The molecule has 10 heteroatoms. The predicted molar refractivity (Wildman–Crippen MR) is 102 cm³/mol. The van der Waals surface area contributed by atoms with Crippen LogP contribution in [0.2, 0.25) is 0 Å². The molecule has 1 spiro atoms. The van der Waals surface area contributed by atoms with Crippen LogP contribution in [0.3, 0.4) is 0 Å². The average molecular weight is 434 g/mol. The van der Waals surface area contributed by atoms with E-state index in [4.69, 9.17) is 14.2 Å². The second kappa shape index (κ2) is 6.87. The van der Waals surface area contributed by atoms with Gasteiger partial charge in [-0.3, -0.25) is 0 Å². The van der Waals surface area contributed by atoms with Crippen LogP contribution in [0.1, 0.15) is 22.8 Å². The second-order valence-corrected chi connectivity index (χ2v) is 8.10. The van der Waals surface area contributed by atoms with E-state index in [1.807, 2.05) is 0 Å². The lowest BCUT2D eigenvalue weighted by Crippen LogP contribution is -2.47. The summed E-state index contributed by atoms with van der Waals surface area (Å²) in [5.41, 5.74) is 1.10. The van der Waals surface area contributed by atoms with E-state index in [0.29, 0.717) is 16.7 Å². The Morgan fingerprint density at radius 1 is 0.968 bits per heavy atom. The van der Waals surface area contributed by atoms with Gasteiger partial charge in [0, 0.05) is 30.0 Å². The van der Waals surface area contributed by atoms with Crippen LogP contribution in [-0.4, -0.2) is 72.6 Å². The Hall–Kier alpha value is -2.76. The van der Waals surface area contributed by atoms with Gasteiger partial charge in [0.05, 0.1) is 12.7 Å². The van der Waals surface area contributed by atoms with Crippen molar-refractivity contribution in [3.63, 3.8) is 0 Å². The molecular weight excluding hydrogens is 412 g/mol. The van der Waals surface area contributed by atoms with Gasteiger partial charge in [0.15, 0.2) is 11.5 Å². The van der Waals surface area contributed by atoms with Crippen molar-refractivity contribution in [1.82, 2.24) is 0 Å². The molecule has 0 amide bonds. The van der Waals surface area contributed by atoms with Gasteiger partial charge in [-0.2, -0.15) is 0 Å². The predicted octanol–water partition coefficient (Wildman–Crippen LogP) is -0.415. The van der Waals surface area contributed by atoms with Gasteiger partial charge in [-0.15, -0.1) is 0 Å². The molecule has 3 aliphatic heterocycles. The van der Waals surface area contributed by atoms with Crippen molar-refractivity contribution in [3.8, 4) is 28.7 Å². The summed E-state index contributed by atoms with van der Waals surface area (Å²) >= 11 is 0. The van der Waals surface area contributed by atoms with Crippen LogP contribution in [0.25, 0.3) is 0 Å². The summed E-state index contributed by atoms with van der Waals surface area (Å²) in [5.74, 6) is -2.06. The van der Waals surface area contributed by atoms with Gasteiger partial charge in [-0.05, 0) is 17.7 Å². The first kappa shape index (κ1) is 20.2. The monoisotopic (exact) mass is 434 g/mol. The number of aliphatic hydroxyl groups excluding tert-OH is 4. The van der Waals surface area contributed by atoms with Crippen LogP contribution in [0.5, 0.6) is 28.7 Å². The van der Waals surface area contributed by atoms with Crippen molar-refractivity contribution in [2.75, 3.05) is 6.61 Å². The van der Waals surface area contributed by atoms with Gasteiger partial charge in [-0.25, -0.2) is 0 Å². The average Bonchev–Trinajstić information content (AvgIpc) is 3.23. The smallest absolute Gasteiger partial charge is 0.244 e. The standard InChI is InChI=1S/C21H22O10/c22-7-16-18(27)20(28)21(31-16)6-10-15(30-21)5-14-9(17(10)26)4-13(25)19(29-14)8-1-2-11(23)12(24)3-8/h1-3,5,13,16,18-20,22-28H,4,6-7H2/t13-,16+,18-,19+,20-,21-/m0/s1. The van der Waals surface area contributed by atoms with Crippen molar-refractivity contribution >= 4 is 0 Å². The number of ether oxygens (including phenoxy) is 3. The van der Waals surface area contributed by atoms with E-state index in [9.17, 15) is 35.7 Å². The molecule has 6 atom stereocenters. The molecule has 0 saturated carbocycles. The number of fused-ring (bicyclic) bond motifs is 2. The van der Waals surface area contributed by atoms with Gasteiger partial charge >= 0.3 is 0 Å². The van der Waals surface area contributed by atoms with Crippen LogP contribution >= 0.6 is 0 Å². The molecule has 31 heavy (non-hydrogen) atoms. The highest BCUT2D eigenvalue weighted by Crippen LogP contribution is 2.52. The van der Waals surface area contributed by atoms with E-state index in [2.05, 4.69) is 0 Å². The van der Waals surface area contributed by atoms with Crippen molar-refractivity contribution in [2.45, 2.75) is 49.1 Å². The van der Waals surface area contributed by atoms with Crippen LogP contribution in [-0.2, 0) is 17.6 Å². The third-order valence-electron chi connectivity index (χ3n) is 6.17. The quantitative estimate of drug-likeness (QED) is 0.308. The Labute approximate surface area is 176 Å². The lowest BCUT2D eigenvalue weighted by atomic mass is 9.91. The fourth-order valence-corrected chi connectivity index (χ4v) is 4.52. The molecule has 166 valence electrons. The fraction of sp³-hybridized carbons (Fsp3) is 0.429. The molecule has 0 radical (unpaired) electrons. The zero-order valence-electron chi connectivity index (χ0n) is 16.2. The minimum absolute atomic E-state index is 0.0407. The van der Waals surface area contributed by atoms with Crippen molar-refractivity contribution in [3.05, 3.63) is 41.0 Å². The first-order chi connectivity index (χ1) is 14.7. The third kappa shape index (κ3) is 2.91. The molecule has 3 aliphatic rings. The molecular formula is C21H22O10. The Kier molecular flexibility index (Phi) is 4.47. The normalized spacial score (nSPS) is 33.6. The number of aliphatic hydroxyl groups is 4. The van der Waals surface area contributed by atoms with Crippen LogP contribution < -0.4 is 9.47 Å². The number of phenolic OH excluding ortho intramolecular Hbond substituents is 3. The fourth-order valence-electron chi connectivity index (χ4n) is 4.52. The van der Waals surface area contributed by atoms with Gasteiger partial charge in [0.1, 0.15) is 41.7 Å². The highest BCUT2D eigenvalue weighted by molar-refractivity contribution is 5.60. The van der Waals surface area contributed by atoms with E-state index >= 15 is 0 Å². The minimum atomic E-state index is -1.66. The second-order valence-electron chi connectivity index (χ2n) is 8.10. The van der Waals surface area contributed by atoms with Crippen molar-refractivity contribution < 1.29 is 50.0 Å². The highest BCUT2D eigenvalue weighted by Gasteiger charge is 2.59. The van der Waals surface area contributed by atoms with Gasteiger partial charge in [0.2, 0.25) is 5.79 Å². The van der Waals surface area contributed by atoms with E-state index in [0.717, 1.165) is 0 Å². The molecule has 5 rings (SSSR count). The Balaban J connectivity index is 1.49. The first-order valence-corrected chi connectivity index (χ1v) is 9.82. The number of hydrogen-bond donors (Lipinski definition) is 7. The lowest BCUT2D eigenvalue weighted by Gasteiger charge is -2.31. The molecule has 0 unspecified atom stereocenters. The molecule has 0 bridgehead atoms. The van der Waals surface area contributed by atoms with Crippen LogP contribution in [0, 0.1) is 0 Å². The summed E-state index contributed by atoms with van der Waals surface area (Å²) in [4.78, 5) is 0.